The summed E-state index contributed by atoms with van der Waals surface area (Å²) in [5, 5.41) is 0. The smallest absolute Gasteiger partial charge is 0.122 e. The van der Waals surface area contributed by atoms with Crippen molar-refractivity contribution in [1.82, 2.24) is 0 Å². The first kappa shape index (κ1) is 24.9. The second-order valence-electron chi connectivity index (χ2n) is 8.12. The lowest BCUT2D eigenvalue weighted by Gasteiger charge is -2.10. The molecule has 1 rings (SSSR count). The number of benzene rings is 1. The standard InChI is InChI=1S/C26H46O2/c1-3-5-7-9-11-13-15-17-22-27-25-20-19-21-26(24-25)28-23-18-16-14-12-10-8-6-4-2/h19-21,24H,3-18,22-23H2,1-2H3. The van der Waals surface area contributed by atoms with Crippen molar-refractivity contribution in [2.45, 2.75) is 117 Å². The van der Waals surface area contributed by atoms with Crippen LogP contribution in [0.4, 0.5) is 0 Å². The van der Waals surface area contributed by atoms with Crippen LogP contribution < -0.4 is 9.47 Å². The molecule has 0 aliphatic heterocycles. The zero-order chi connectivity index (χ0) is 20.1. The normalized spacial score (nSPS) is 10.9. The Labute approximate surface area is 175 Å². The Morgan fingerprint density at radius 3 is 1.25 bits per heavy atom. The van der Waals surface area contributed by atoms with E-state index in [4.69, 9.17) is 9.47 Å². The summed E-state index contributed by atoms with van der Waals surface area (Å²) in [6.45, 7) is 6.18. The highest BCUT2D eigenvalue weighted by molar-refractivity contribution is 5.32. The lowest BCUT2D eigenvalue weighted by Crippen LogP contribution is -2.00. The molecule has 0 unspecified atom stereocenters. The third-order valence-electron chi connectivity index (χ3n) is 5.34. The molecule has 2 heteroatoms. The molecule has 28 heavy (non-hydrogen) atoms. The Kier molecular flexibility index (Phi) is 17.0. The highest BCUT2D eigenvalue weighted by atomic mass is 16.5. The molecule has 2 nitrogen and oxygen atoms in total. The summed E-state index contributed by atoms with van der Waals surface area (Å²) in [6, 6.07) is 8.14. The SMILES string of the molecule is CCCCCCCCCCOc1cccc(OCCCCCCCCCC)c1. The van der Waals surface area contributed by atoms with Crippen LogP contribution >= 0.6 is 0 Å². The summed E-state index contributed by atoms with van der Waals surface area (Å²) in [5.74, 6) is 1.88. The van der Waals surface area contributed by atoms with E-state index in [9.17, 15) is 0 Å². The number of unbranched alkanes of at least 4 members (excludes halogenated alkanes) is 14. The van der Waals surface area contributed by atoms with Gasteiger partial charge in [-0.3, -0.25) is 0 Å². The third-order valence-corrected chi connectivity index (χ3v) is 5.34. The van der Waals surface area contributed by atoms with Gasteiger partial charge in [0.1, 0.15) is 11.5 Å². The van der Waals surface area contributed by atoms with Gasteiger partial charge < -0.3 is 9.47 Å². The highest BCUT2D eigenvalue weighted by Gasteiger charge is 1.99. The van der Waals surface area contributed by atoms with Crippen molar-refractivity contribution in [2.75, 3.05) is 13.2 Å². The Morgan fingerprint density at radius 1 is 0.500 bits per heavy atom. The zero-order valence-corrected chi connectivity index (χ0v) is 18.9. The highest BCUT2D eigenvalue weighted by Crippen LogP contribution is 2.20. The van der Waals surface area contributed by atoms with Crippen molar-refractivity contribution in [1.29, 1.82) is 0 Å². The summed E-state index contributed by atoms with van der Waals surface area (Å²) in [6.07, 6.45) is 21.3. The number of hydrogen-bond donors (Lipinski definition) is 0. The van der Waals surface area contributed by atoms with Gasteiger partial charge in [-0.2, -0.15) is 0 Å². The van der Waals surface area contributed by atoms with E-state index in [1.54, 1.807) is 0 Å². The molecule has 0 aromatic heterocycles. The number of rotatable bonds is 20. The van der Waals surface area contributed by atoms with E-state index in [0.29, 0.717) is 0 Å². The Morgan fingerprint density at radius 2 is 0.857 bits per heavy atom. The first-order valence-corrected chi connectivity index (χ1v) is 12.2. The van der Waals surface area contributed by atoms with Crippen LogP contribution in [0.5, 0.6) is 11.5 Å². The maximum Gasteiger partial charge on any atom is 0.122 e. The topological polar surface area (TPSA) is 18.5 Å². The van der Waals surface area contributed by atoms with Crippen LogP contribution in [0.2, 0.25) is 0 Å². The molecule has 0 aliphatic carbocycles. The van der Waals surface area contributed by atoms with E-state index < -0.39 is 0 Å². The molecule has 0 aliphatic rings. The monoisotopic (exact) mass is 390 g/mol. The Bertz CT molecular complexity index is 407. The van der Waals surface area contributed by atoms with Crippen LogP contribution in [-0.2, 0) is 0 Å². The van der Waals surface area contributed by atoms with Gasteiger partial charge in [0.2, 0.25) is 0 Å². The number of hydrogen-bond acceptors (Lipinski definition) is 2. The minimum absolute atomic E-state index is 0.816. The molecule has 1 aromatic carbocycles. The molecule has 162 valence electrons. The largest absolute Gasteiger partial charge is 0.493 e. The molecule has 0 bridgehead atoms. The molecule has 0 fully saturated rings. The molecule has 0 saturated carbocycles. The second-order valence-corrected chi connectivity index (χ2v) is 8.12. The average molecular weight is 391 g/mol. The fourth-order valence-electron chi connectivity index (χ4n) is 3.51. The minimum Gasteiger partial charge on any atom is -0.493 e. The molecule has 0 saturated heterocycles. The van der Waals surface area contributed by atoms with Crippen LogP contribution in [0, 0.1) is 0 Å². The summed E-state index contributed by atoms with van der Waals surface area (Å²) < 4.78 is 11.8. The average Bonchev–Trinajstić information content (AvgIpc) is 2.72. The zero-order valence-electron chi connectivity index (χ0n) is 18.9. The van der Waals surface area contributed by atoms with Crippen LogP contribution in [0.1, 0.15) is 117 Å². The van der Waals surface area contributed by atoms with Gasteiger partial charge in [0.25, 0.3) is 0 Å². The van der Waals surface area contributed by atoms with E-state index in [-0.39, 0.29) is 0 Å². The predicted molar refractivity (Wildman–Crippen MR) is 123 cm³/mol. The second kappa shape index (κ2) is 19.2. The summed E-state index contributed by atoms with van der Waals surface area (Å²) >= 11 is 0. The molecule has 0 spiro atoms. The van der Waals surface area contributed by atoms with Gasteiger partial charge in [-0.1, -0.05) is 110 Å². The maximum atomic E-state index is 5.90. The first-order chi connectivity index (χ1) is 13.9. The van der Waals surface area contributed by atoms with Crippen molar-refractivity contribution >= 4 is 0 Å². The van der Waals surface area contributed by atoms with Gasteiger partial charge in [-0.15, -0.1) is 0 Å². The molecule has 0 N–H and O–H groups in total. The van der Waals surface area contributed by atoms with Gasteiger partial charge in [-0.25, -0.2) is 0 Å². The molecule has 0 amide bonds. The predicted octanol–water partition coefficient (Wildman–Crippen LogP) is 8.73. The van der Waals surface area contributed by atoms with Gasteiger partial charge >= 0.3 is 0 Å². The van der Waals surface area contributed by atoms with Crippen molar-refractivity contribution in [2.24, 2.45) is 0 Å². The molecular weight excluding hydrogens is 344 g/mol. The summed E-state index contributed by atoms with van der Waals surface area (Å²) in [5.41, 5.74) is 0. The summed E-state index contributed by atoms with van der Waals surface area (Å²) in [4.78, 5) is 0. The van der Waals surface area contributed by atoms with Crippen LogP contribution in [0.15, 0.2) is 24.3 Å². The van der Waals surface area contributed by atoms with Crippen molar-refractivity contribution < 1.29 is 9.47 Å². The van der Waals surface area contributed by atoms with E-state index in [1.165, 1.54) is 89.9 Å². The van der Waals surface area contributed by atoms with E-state index >= 15 is 0 Å². The van der Waals surface area contributed by atoms with Gasteiger partial charge in [-0.05, 0) is 25.0 Å². The fourth-order valence-corrected chi connectivity index (χ4v) is 3.51. The Hall–Kier alpha value is -1.18. The quantitative estimate of drug-likeness (QED) is 0.207. The molecule has 0 heterocycles. The first-order valence-electron chi connectivity index (χ1n) is 12.2. The van der Waals surface area contributed by atoms with E-state index in [2.05, 4.69) is 13.8 Å². The van der Waals surface area contributed by atoms with Gasteiger partial charge in [0.15, 0.2) is 0 Å². The maximum absolute atomic E-state index is 5.90. The van der Waals surface area contributed by atoms with Crippen molar-refractivity contribution in [3.8, 4) is 11.5 Å². The molecule has 1 aromatic rings. The molecular formula is C26H46O2. The van der Waals surface area contributed by atoms with Crippen molar-refractivity contribution in [3.05, 3.63) is 24.3 Å². The Balaban J connectivity index is 2.00. The minimum atomic E-state index is 0.816. The lowest BCUT2D eigenvalue weighted by molar-refractivity contribution is 0.289. The third kappa shape index (κ3) is 14.8. The van der Waals surface area contributed by atoms with Crippen LogP contribution in [-0.4, -0.2) is 13.2 Å². The van der Waals surface area contributed by atoms with E-state index in [0.717, 1.165) is 37.6 Å². The molecule has 0 atom stereocenters. The number of ether oxygens (including phenoxy) is 2. The van der Waals surface area contributed by atoms with Gasteiger partial charge in [0, 0.05) is 6.07 Å². The van der Waals surface area contributed by atoms with E-state index in [1.807, 2.05) is 24.3 Å². The van der Waals surface area contributed by atoms with Crippen LogP contribution in [0.3, 0.4) is 0 Å². The molecule has 0 radical (unpaired) electrons. The summed E-state index contributed by atoms with van der Waals surface area (Å²) in [7, 11) is 0. The van der Waals surface area contributed by atoms with Gasteiger partial charge in [0.05, 0.1) is 13.2 Å². The van der Waals surface area contributed by atoms with Crippen molar-refractivity contribution in [3.63, 3.8) is 0 Å². The lowest BCUT2D eigenvalue weighted by atomic mass is 10.1. The van der Waals surface area contributed by atoms with Crippen LogP contribution in [0.25, 0.3) is 0 Å². The fraction of sp³-hybridized carbons (Fsp3) is 0.769.